The summed E-state index contributed by atoms with van der Waals surface area (Å²) in [6, 6.07) is 18.9. The summed E-state index contributed by atoms with van der Waals surface area (Å²) in [5, 5.41) is 6.71. The molecule has 0 amide bonds. The molecule has 3 rings (SSSR count). The van der Waals surface area contributed by atoms with E-state index in [2.05, 4.69) is 64.5 Å². The predicted octanol–water partition coefficient (Wildman–Crippen LogP) is 5.68. The van der Waals surface area contributed by atoms with Crippen molar-refractivity contribution in [1.29, 1.82) is 0 Å². The maximum absolute atomic E-state index is 4.66. The Morgan fingerprint density at radius 3 is 2.36 bits per heavy atom. The van der Waals surface area contributed by atoms with Gasteiger partial charge in [-0.3, -0.25) is 4.90 Å². The third-order valence-electron chi connectivity index (χ3n) is 4.99. The first-order valence-corrected chi connectivity index (χ1v) is 9.87. The van der Waals surface area contributed by atoms with Gasteiger partial charge in [-0.1, -0.05) is 44.2 Å². The number of aryl methyl sites for hydroxylation is 1. The number of rotatable bonds is 8. The maximum atomic E-state index is 4.66. The molecule has 0 spiro atoms. The summed E-state index contributed by atoms with van der Waals surface area (Å²) in [4.78, 5) is 11.5. The topological polar surface area (TPSA) is 53.1 Å². The number of benzene rings is 2. The number of hydrogen-bond acceptors (Lipinski definition) is 5. The van der Waals surface area contributed by atoms with Gasteiger partial charge in [0.15, 0.2) is 0 Å². The molecule has 1 heterocycles. The lowest BCUT2D eigenvalue weighted by molar-refractivity contribution is 0.234. The van der Waals surface area contributed by atoms with Crippen molar-refractivity contribution < 1.29 is 0 Å². The fourth-order valence-corrected chi connectivity index (χ4v) is 3.27. The fourth-order valence-electron chi connectivity index (χ4n) is 3.27. The predicted molar refractivity (Wildman–Crippen MR) is 118 cm³/mol. The van der Waals surface area contributed by atoms with Gasteiger partial charge in [-0.15, -0.1) is 0 Å². The number of para-hydroxylation sites is 1. The van der Waals surface area contributed by atoms with Crippen LogP contribution in [0.25, 0.3) is 0 Å². The van der Waals surface area contributed by atoms with Gasteiger partial charge in [-0.25, -0.2) is 4.98 Å². The van der Waals surface area contributed by atoms with Crippen molar-refractivity contribution >= 4 is 23.1 Å². The van der Waals surface area contributed by atoms with Crippen LogP contribution in [0.2, 0.25) is 0 Å². The zero-order valence-corrected chi connectivity index (χ0v) is 17.1. The van der Waals surface area contributed by atoms with Crippen molar-refractivity contribution in [1.82, 2.24) is 14.9 Å². The molecule has 3 aromatic rings. The van der Waals surface area contributed by atoms with E-state index < -0.39 is 0 Å². The van der Waals surface area contributed by atoms with Gasteiger partial charge in [0.05, 0.1) is 0 Å². The molecule has 5 heteroatoms. The summed E-state index contributed by atoms with van der Waals surface area (Å²) in [6.45, 7) is 10.7. The van der Waals surface area contributed by atoms with E-state index in [-0.39, 0.29) is 0 Å². The first-order valence-electron chi connectivity index (χ1n) is 9.87. The van der Waals surface area contributed by atoms with Crippen LogP contribution in [0.3, 0.4) is 0 Å². The van der Waals surface area contributed by atoms with Crippen LogP contribution in [0.1, 0.15) is 37.9 Å². The second-order valence-corrected chi connectivity index (χ2v) is 6.86. The van der Waals surface area contributed by atoms with Crippen LogP contribution in [-0.4, -0.2) is 28.0 Å². The van der Waals surface area contributed by atoms with Gasteiger partial charge < -0.3 is 10.6 Å². The third-order valence-corrected chi connectivity index (χ3v) is 4.99. The summed E-state index contributed by atoms with van der Waals surface area (Å²) in [5.74, 6) is 1.38. The van der Waals surface area contributed by atoms with Crippen LogP contribution in [-0.2, 0) is 0 Å². The lowest BCUT2D eigenvalue weighted by Gasteiger charge is -2.27. The molecule has 0 aliphatic heterocycles. The van der Waals surface area contributed by atoms with Crippen molar-refractivity contribution in [3.63, 3.8) is 0 Å². The number of nitrogens with zero attached hydrogens (tertiary/aromatic N) is 3. The Labute approximate surface area is 167 Å². The van der Waals surface area contributed by atoms with Crippen LogP contribution in [0.5, 0.6) is 0 Å². The molecule has 0 aliphatic rings. The van der Waals surface area contributed by atoms with Gasteiger partial charge in [0.2, 0.25) is 5.95 Å². The second kappa shape index (κ2) is 9.33. The molecule has 1 atom stereocenters. The average Bonchev–Trinajstić information content (AvgIpc) is 2.72. The number of anilines is 4. The molecule has 0 bridgehead atoms. The molecule has 0 saturated heterocycles. The summed E-state index contributed by atoms with van der Waals surface area (Å²) >= 11 is 0. The molecule has 0 aliphatic carbocycles. The molecule has 2 N–H and O–H groups in total. The Hall–Kier alpha value is -2.92. The van der Waals surface area contributed by atoms with Crippen molar-refractivity contribution in [2.75, 3.05) is 23.7 Å². The van der Waals surface area contributed by atoms with E-state index in [1.165, 1.54) is 5.56 Å². The lowest BCUT2D eigenvalue weighted by atomic mass is 10.1. The van der Waals surface area contributed by atoms with Crippen molar-refractivity contribution in [2.45, 2.75) is 33.7 Å². The van der Waals surface area contributed by atoms with E-state index in [0.717, 1.165) is 35.8 Å². The van der Waals surface area contributed by atoms with Crippen molar-refractivity contribution in [3.8, 4) is 0 Å². The smallest absolute Gasteiger partial charge is 0.229 e. The fraction of sp³-hybridized carbons (Fsp3) is 0.304. The maximum Gasteiger partial charge on any atom is 0.229 e. The van der Waals surface area contributed by atoms with Crippen LogP contribution in [0.15, 0.2) is 60.8 Å². The van der Waals surface area contributed by atoms with Crippen LogP contribution < -0.4 is 10.6 Å². The molecule has 146 valence electrons. The summed E-state index contributed by atoms with van der Waals surface area (Å²) in [5.41, 5.74) is 4.28. The van der Waals surface area contributed by atoms with Crippen molar-refractivity contribution in [2.24, 2.45) is 0 Å². The largest absolute Gasteiger partial charge is 0.340 e. The van der Waals surface area contributed by atoms with Gasteiger partial charge >= 0.3 is 0 Å². The summed E-state index contributed by atoms with van der Waals surface area (Å²) in [7, 11) is 0. The zero-order chi connectivity index (χ0) is 19.9. The highest BCUT2D eigenvalue weighted by Crippen LogP contribution is 2.25. The highest BCUT2D eigenvalue weighted by Gasteiger charge is 2.13. The molecule has 28 heavy (non-hydrogen) atoms. The van der Waals surface area contributed by atoms with Crippen LogP contribution in [0.4, 0.5) is 23.1 Å². The Morgan fingerprint density at radius 1 is 0.929 bits per heavy atom. The van der Waals surface area contributed by atoms with Crippen LogP contribution in [0, 0.1) is 6.92 Å². The minimum Gasteiger partial charge on any atom is -0.340 e. The van der Waals surface area contributed by atoms with E-state index in [1.807, 2.05) is 49.5 Å². The normalized spacial score (nSPS) is 12.0. The Balaban J connectivity index is 1.78. The molecule has 0 radical (unpaired) electrons. The number of aromatic nitrogens is 2. The SMILES string of the molecule is CCN(CC)C(C)c1cccc(Nc2ncc(C)c(Nc3ccccc3)n2)c1. The monoisotopic (exact) mass is 375 g/mol. The number of hydrogen-bond donors (Lipinski definition) is 2. The highest BCUT2D eigenvalue weighted by atomic mass is 15.2. The molecular weight excluding hydrogens is 346 g/mol. The van der Waals surface area contributed by atoms with Crippen LogP contribution >= 0.6 is 0 Å². The molecule has 2 aromatic carbocycles. The second-order valence-electron chi connectivity index (χ2n) is 6.86. The molecular formula is C23H29N5. The van der Waals surface area contributed by atoms with E-state index >= 15 is 0 Å². The highest BCUT2D eigenvalue weighted by molar-refractivity contribution is 5.62. The first-order chi connectivity index (χ1) is 13.6. The lowest BCUT2D eigenvalue weighted by Crippen LogP contribution is -2.26. The molecule has 5 nitrogen and oxygen atoms in total. The van der Waals surface area contributed by atoms with E-state index in [1.54, 1.807) is 0 Å². The first kappa shape index (κ1) is 19.8. The minimum absolute atomic E-state index is 0.367. The van der Waals surface area contributed by atoms with Gasteiger partial charge in [0.1, 0.15) is 5.82 Å². The van der Waals surface area contributed by atoms with Gasteiger partial charge in [-0.2, -0.15) is 4.98 Å². The quantitative estimate of drug-likeness (QED) is 0.531. The summed E-state index contributed by atoms with van der Waals surface area (Å²) < 4.78 is 0. The van der Waals surface area contributed by atoms with Gasteiger partial charge in [0, 0.05) is 29.2 Å². The number of nitrogens with one attached hydrogen (secondary N) is 2. The third kappa shape index (κ3) is 4.87. The van der Waals surface area contributed by atoms with E-state index in [9.17, 15) is 0 Å². The van der Waals surface area contributed by atoms with Gasteiger partial charge in [-0.05, 0) is 56.8 Å². The van der Waals surface area contributed by atoms with Gasteiger partial charge in [0.25, 0.3) is 0 Å². The minimum atomic E-state index is 0.367. The Morgan fingerprint density at radius 2 is 1.64 bits per heavy atom. The van der Waals surface area contributed by atoms with E-state index in [0.29, 0.717) is 12.0 Å². The average molecular weight is 376 g/mol. The molecule has 1 unspecified atom stereocenters. The summed E-state index contributed by atoms with van der Waals surface area (Å²) in [6.07, 6.45) is 1.84. The molecule has 1 aromatic heterocycles. The molecule has 0 fully saturated rings. The van der Waals surface area contributed by atoms with E-state index in [4.69, 9.17) is 0 Å². The Bertz CT molecular complexity index is 891. The Kier molecular flexibility index (Phi) is 6.61. The standard InChI is InChI=1S/C23H29N5/c1-5-28(6-2)18(4)19-11-10-14-21(15-19)26-23-24-16-17(3)22(27-23)25-20-12-8-7-9-13-20/h7-16,18H,5-6H2,1-4H3,(H2,24,25,26,27). The van der Waals surface area contributed by atoms with Crippen molar-refractivity contribution in [3.05, 3.63) is 71.9 Å². The molecule has 0 saturated carbocycles. The zero-order valence-electron chi connectivity index (χ0n) is 17.1.